The summed E-state index contributed by atoms with van der Waals surface area (Å²) in [7, 11) is -0.490. The molecule has 0 aliphatic rings. The topological polar surface area (TPSA) is 43.4 Å². The monoisotopic (exact) mass is 186 g/mol. The normalized spacial score (nSPS) is 11.7. The van der Waals surface area contributed by atoms with E-state index < -0.39 is 14.0 Å². The highest BCUT2D eigenvalue weighted by atomic mass is 28.3. The summed E-state index contributed by atoms with van der Waals surface area (Å²) >= 11 is 0. The van der Waals surface area contributed by atoms with Gasteiger partial charge in [-0.2, -0.15) is 0 Å². The second kappa shape index (κ2) is 4.20. The first-order valence-corrected chi connectivity index (χ1v) is 7.18. The number of hydrogen-bond acceptors (Lipinski definition) is 3. The first-order valence-electron chi connectivity index (χ1n) is 3.68. The van der Waals surface area contributed by atoms with E-state index in [1.165, 1.54) is 19.3 Å². The van der Waals surface area contributed by atoms with Crippen LogP contribution in [0.25, 0.3) is 0 Å². The van der Waals surface area contributed by atoms with Crippen molar-refractivity contribution in [3.05, 3.63) is 12.2 Å². The molecule has 68 valence electrons. The maximum absolute atomic E-state index is 11.3. The molecule has 0 aromatic rings. The van der Waals surface area contributed by atoms with Crippen molar-refractivity contribution in [2.24, 2.45) is 0 Å². The Hall–Kier alpha value is -0.903. The van der Waals surface area contributed by atoms with Crippen molar-refractivity contribution >= 4 is 19.4 Å². The number of esters is 1. The van der Waals surface area contributed by atoms with Crippen LogP contribution in [-0.2, 0) is 14.3 Å². The molecule has 0 rings (SSSR count). The molecule has 0 unspecified atom stereocenters. The Kier molecular flexibility index (Phi) is 3.89. The number of rotatable bonds is 3. The zero-order valence-corrected chi connectivity index (χ0v) is 8.88. The third-order valence-electron chi connectivity index (χ3n) is 1.31. The Balaban J connectivity index is 4.19. The van der Waals surface area contributed by atoms with Gasteiger partial charge in [0.1, 0.15) is 13.5 Å². The molecule has 0 bridgehead atoms. The minimum atomic E-state index is -1.77. The van der Waals surface area contributed by atoms with Crippen LogP contribution in [0, 0.1) is 0 Å². The number of ether oxygens (including phenoxy) is 1. The molecule has 0 atom stereocenters. The van der Waals surface area contributed by atoms with Gasteiger partial charge in [0.15, 0.2) is 0 Å². The molecule has 0 amide bonds. The molecule has 4 heteroatoms. The van der Waals surface area contributed by atoms with E-state index in [4.69, 9.17) is 0 Å². The number of methoxy groups -OCH3 is 1. The summed E-state index contributed by atoms with van der Waals surface area (Å²) < 4.78 is 4.35. The molecule has 0 aromatic carbocycles. The van der Waals surface area contributed by atoms with Crippen LogP contribution in [0.2, 0.25) is 19.6 Å². The van der Waals surface area contributed by atoms with Gasteiger partial charge in [0.25, 0.3) is 0 Å². The molecule has 0 spiro atoms. The molecule has 0 aliphatic carbocycles. The van der Waals surface area contributed by atoms with Crippen LogP contribution in [-0.4, -0.2) is 26.6 Å². The van der Waals surface area contributed by atoms with Crippen molar-refractivity contribution in [3.8, 4) is 0 Å². The van der Waals surface area contributed by atoms with Crippen LogP contribution in [0.15, 0.2) is 12.2 Å². The minimum Gasteiger partial charge on any atom is -0.466 e. The molecule has 0 aliphatic heterocycles. The van der Waals surface area contributed by atoms with Gasteiger partial charge in [0.05, 0.1) is 7.11 Å². The number of carbonyl (C=O) groups is 2. The fraction of sp³-hybridized carbons (Fsp3) is 0.500. The lowest BCUT2D eigenvalue weighted by molar-refractivity contribution is -0.135. The molecule has 0 radical (unpaired) electrons. The molecular formula is C8H14O3Si. The lowest BCUT2D eigenvalue weighted by atomic mass is 10.5. The van der Waals surface area contributed by atoms with Crippen LogP contribution in [0.1, 0.15) is 0 Å². The molecular weight excluding hydrogens is 172 g/mol. The van der Waals surface area contributed by atoms with E-state index >= 15 is 0 Å². The molecule has 0 aromatic heterocycles. The lowest BCUT2D eigenvalue weighted by Gasteiger charge is -2.09. The Labute approximate surface area is 73.4 Å². The van der Waals surface area contributed by atoms with E-state index in [9.17, 15) is 9.59 Å². The first kappa shape index (κ1) is 11.1. The second-order valence-corrected chi connectivity index (χ2v) is 8.46. The van der Waals surface area contributed by atoms with E-state index in [0.29, 0.717) is 0 Å². The summed E-state index contributed by atoms with van der Waals surface area (Å²) in [5.74, 6) is -0.485. The smallest absolute Gasteiger partial charge is 0.330 e. The van der Waals surface area contributed by atoms with E-state index in [-0.39, 0.29) is 5.41 Å². The van der Waals surface area contributed by atoms with Crippen LogP contribution in [0.4, 0.5) is 0 Å². The van der Waals surface area contributed by atoms with Gasteiger partial charge in [0, 0.05) is 6.08 Å². The zero-order valence-electron chi connectivity index (χ0n) is 7.88. The minimum absolute atomic E-state index is 0.0490. The van der Waals surface area contributed by atoms with E-state index in [0.717, 1.165) is 0 Å². The zero-order chi connectivity index (χ0) is 9.78. The third-order valence-corrected chi connectivity index (χ3v) is 2.96. The van der Waals surface area contributed by atoms with Gasteiger partial charge in [-0.15, -0.1) is 0 Å². The molecule has 12 heavy (non-hydrogen) atoms. The number of hydrogen-bond donors (Lipinski definition) is 0. The van der Waals surface area contributed by atoms with E-state index in [1.807, 2.05) is 19.6 Å². The summed E-state index contributed by atoms with van der Waals surface area (Å²) in [4.78, 5) is 21.8. The molecule has 0 saturated heterocycles. The fourth-order valence-corrected chi connectivity index (χ4v) is 1.05. The van der Waals surface area contributed by atoms with Crippen molar-refractivity contribution in [1.82, 2.24) is 0 Å². The van der Waals surface area contributed by atoms with Gasteiger partial charge in [-0.3, -0.25) is 0 Å². The van der Waals surface area contributed by atoms with Crippen LogP contribution in [0.5, 0.6) is 0 Å². The summed E-state index contributed by atoms with van der Waals surface area (Å²) in [5.41, 5.74) is 0. The first-order chi connectivity index (χ1) is 5.38. The van der Waals surface area contributed by atoms with Crippen molar-refractivity contribution in [1.29, 1.82) is 0 Å². The van der Waals surface area contributed by atoms with Gasteiger partial charge in [-0.05, 0) is 6.08 Å². The Morgan fingerprint density at radius 3 is 2.00 bits per heavy atom. The van der Waals surface area contributed by atoms with Crippen LogP contribution >= 0.6 is 0 Å². The highest BCUT2D eigenvalue weighted by Gasteiger charge is 2.21. The van der Waals surface area contributed by atoms with Gasteiger partial charge in [0.2, 0.25) is 0 Å². The Morgan fingerprint density at radius 1 is 1.17 bits per heavy atom. The van der Waals surface area contributed by atoms with Gasteiger partial charge in [-0.1, -0.05) is 19.6 Å². The van der Waals surface area contributed by atoms with Crippen molar-refractivity contribution in [2.75, 3.05) is 7.11 Å². The summed E-state index contributed by atoms with van der Waals surface area (Å²) in [6.07, 6.45) is 2.47. The SMILES string of the molecule is COC(=O)/C=C/C(=O)[Si](C)(C)C. The van der Waals surface area contributed by atoms with Gasteiger partial charge >= 0.3 is 5.97 Å². The maximum Gasteiger partial charge on any atom is 0.330 e. The average Bonchev–Trinajstić information content (AvgIpc) is 1.97. The summed E-state index contributed by atoms with van der Waals surface area (Å²) in [6.45, 7) is 5.78. The summed E-state index contributed by atoms with van der Waals surface area (Å²) in [5, 5.41) is 0.0490. The van der Waals surface area contributed by atoms with E-state index in [2.05, 4.69) is 4.74 Å². The highest BCUT2D eigenvalue weighted by molar-refractivity contribution is 7.04. The standard InChI is InChI=1S/C8H14O3Si/c1-11-7(9)5-6-8(10)12(2,3)4/h5-6H,1-4H3/b6-5+. The predicted octanol–water partition coefficient (Wildman–Crippen LogP) is 1.16. The predicted molar refractivity (Wildman–Crippen MR) is 49.5 cm³/mol. The quantitative estimate of drug-likeness (QED) is 0.377. The Bertz CT molecular complexity index is 213. The lowest BCUT2D eigenvalue weighted by Crippen LogP contribution is -2.31. The molecule has 0 heterocycles. The van der Waals surface area contributed by atoms with Gasteiger partial charge < -0.3 is 9.53 Å². The molecule has 0 fully saturated rings. The molecule has 0 saturated carbocycles. The van der Waals surface area contributed by atoms with Crippen molar-refractivity contribution in [2.45, 2.75) is 19.6 Å². The van der Waals surface area contributed by atoms with Crippen LogP contribution < -0.4 is 0 Å². The molecule has 0 N–H and O–H groups in total. The second-order valence-electron chi connectivity index (χ2n) is 3.47. The van der Waals surface area contributed by atoms with Crippen molar-refractivity contribution in [3.63, 3.8) is 0 Å². The Morgan fingerprint density at radius 2 is 1.67 bits per heavy atom. The van der Waals surface area contributed by atoms with Crippen molar-refractivity contribution < 1.29 is 14.3 Å². The number of carbonyl (C=O) groups excluding carboxylic acids is 2. The van der Waals surface area contributed by atoms with Gasteiger partial charge in [-0.25, -0.2) is 4.79 Å². The van der Waals surface area contributed by atoms with Crippen LogP contribution in [0.3, 0.4) is 0 Å². The maximum atomic E-state index is 11.3. The summed E-state index contributed by atoms with van der Waals surface area (Å²) in [6, 6.07) is 0. The molecule has 3 nitrogen and oxygen atoms in total. The highest BCUT2D eigenvalue weighted by Crippen LogP contribution is 2.02. The third kappa shape index (κ3) is 4.08. The number of allylic oxidation sites excluding steroid dienone is 1. The average molecular weight is 186 g/mol. The fourth-order valence-electron chi connectivity index (χ4n) is 0.462. The largest absolute Gasteiger partial charge is 0.466 e. The van der Waals surface area contributed by atoms with E-state index in [1.54, 1.807) is 0 Å².